The van der Waals surface area contributed by atoms with Crippen LogP contribution in [0, 0.1) is 0 Å². The summed E-state index contributed by atoms with van der Waals surface area (Å²) in [5, 5.41) is 17.5. The molecule has 0 aliphatic heterocycles. The Kier molecular flexibility index (Phi) is 3.17. The summed E-state index contributed by atoms with van der Waals surface area (Å²) in [6.45, 7) is 1.62. The molecular weight excluding hydrogens is 198 g/mol. The molecule has 2 N–H and O–H groups in total. The predicted molar refractivity (Wildman–Crippen MR) is 54.2 cm³/mol. The van der Waals surface area contributed by atoms with Gasteiger partial charge in [0.05, 0.1) is 16.8 Å². The van der Waals surface area contributed by atoms with E-state index in [1.807, 2.05) is 0 Å². The predicted octanol–water partition coefficient (Wildman–Crippen LogP) is 1.81. The minimum absolute atomic E-state index is 0.0144. The highest BCUT2D eigenvalue weighted by molar-refractivity contribution is 5.97. The Morgan fingerprint density at radius 2 is 1.93 bits per heavy atom. The number of carboxylic acids is 2. The Bertz CT molecular complexity index is 437. The van der Waals surface area contributed by atoms with E-state index in [0.29, 0.717) is 0 Å². The van der Waals surface area contributed by atoms with E-state index >= 15 is 0 Å². The molecule has 0 saturated heterocycles. The largest absolute Gasteiger partial charge is 0.478 e. The van der Waals surface area contributed by atoms with Gasteiger partial charge in [0.1, 0.15) is 0 Å². The summed E-state index contributed by atoms with van der Waals surface area (Å²) < 4.78 is 0. The number of aromatic carboxylic acids is 2. The lowest BCUT2D eigenvalue weighted by atomic mass is 10.1. The fraction of sp³-hybridized carbons (Fsp3) is 0.100. The van der Waals surface area contributed by atoms with E-state index in [2.05, 4.69) is 4.99 Å². The van der Waals surface area contributed by atoms with Crippen LogP contribution in [0.4, 0.5) is 5.69 Å². The number of hydrogen-bond donors (Lipinski definition) is 2. The van der Waals surface area contributed by atoms with E-state index in [-0.39, 0.29) is 16.8 Å². The first-order chi connectivity index (χ1) is 7.06. The molecule has 0 radical (unpaired) electrons. The highest BCUT2D eigenvalue weighted by Crippen LogP contribution is 2.20. The Morgan fingerprint density at radius 3 is 2.40 bits per heavy atom. The molecule has 15 heavy (non-hydrogen) atoms. The van der Waals surface area contributed by atoms with Gasteiger partial charge in [-0.25, -0.2) is 9.59 Å². The van der Waals surface area contributed by atoms with Crippen LogP contribution in [0.15, 0.2) is 23.2 Å². The van der Waals surface area contributed by atoms with Crippen molar-refractivity contribution in [1.82, 2.24) is 0 Å². The Morgan fingerprint density at radius 1 is 1.27 bits per heavy atom. The monoisotopic (exact) mass is 207 g/mol. The minimum atomic E-state index is -1.13. The second kappa shape index (κ2) is 4.36. The van der Waals surface area contributed by atoms with Crippen LogP contribution in [0.2, 0.25) is 0 Å². The molecule has 0 bridgehead atoms. The van der Waals surface area contributed by atoms with E-state index < -0.39 is 11.9 Å². The molecule has 5 nitrogen and oxygen atoms in total. The average molecular weight is 207 g/mol. The number of carboxylic acid groups (broad SMARTS) is 2. The Hall–Kier alpha value is -2.17. The molecule has 0 heterocycles. The van der Waals surface area contributed by atoms with Crippen molar-refractivity contribution in [2.75, 3.05) is 0 Å². The second-order valence-corrected chi connectivity index (χ2v) is 2.73. The summed E-state index contributed by atoms with van der Waals surface area (Å²) >= 11 is 0. The lowest BCUT2D eigenvalue weighted by Gasteiger charge is -2.01. The van der Waals surface area contributed by atoms with Crippen molar-refractivity contribution >= 4 is 23.8 Å². The van der Waals surface area contributed by atoms with E-state index in [4.69, 9.17) is 10.2 Å². The van der Waals surface area contributed by atoms with Gasteiger partial charge in [0.15, 0.2) is 0 Å². The molecule has 1 aromatic carbocycles. The second-order valence-electron chi connectivity index (χ2n) is 2.73. The molecule has 5 heteroatoms. The molecule has 0 spiro atoms. The van der Waals surface area contributed by atoms with E-state index in [1.165, 1.54) is 24.4 Å². The van der Waals surface area contributed by atoms with Crippen LogP contribution in [0.1, 0.15) is 27.6 Å². The topological polar surface area (TPSA) is 87.0 Å². The van der Waals surface area contributed by atoms with Crippen LogP contribution >= 0.6 is 0 Å². The number of hydrogen-bond acceptors (Lipinski definition) is 3. The SMILES string of the molecule is C/C=N\c1cc(C(=O)O)ccc1C(=O)O. The van der Waals surface area contributed by atoms with Crippen LogP contribution in [0.3, 0.4) is 0 Å². The number of aliphatic imine (C=N–C) groups is 1. The summed E-state index contributed by atoms with van der Waals surface area (Å²) in [4.78, 5) is 25.2. The first kappa shape index (κ1) is 10.9. The Labute approximate surface area is 85.7 Å². The van der Waals surface area contributed by atoms with Crippen molar-refractivity contribution in [3.63, 3.8) is 0 Å². The standard InChI is InChI=1S/C10H9NO4/c1-2-11-8-5-6(9(12)13)3-4-7(8)10(14)15/h2-5H,1H3,(H,12,13)(H,14,15)/b11-2-. The van der Waals surface area contributed by atoms with Crippen LogP contribution in [-0.4, -0.2) is 28.4 Å². The Balaban J connectivity index is 3.32. The fourth-order valence-electron chi connectivity index (χ4n) is 1.09. The molecule has 0 atom stereocenters. The van der Waals surface area contributed by atoms with Crippen LogP contribution < -0.4 is 0 Å². The van der Waals surface area contributed by atoms with Crippen molar-refractivity contribution < 1.29 is 19.8 Å². The molecule has 0 aliphatic carbocycles. The van der Waals surface area contributed by atoms with Crippen molar-refractivity contribution in [3.8, 4) is 0 Å². The minimum Gasteiger partial charge on any atom is -0.478 e. The van der Waals surface area contributed by atoms with Gasteiger partial charge in [-0.05, 0) is 25.1 Å². The van der Waals surface area contributed by atoms with Gasteiger partial charge in [0, 0.05) is 6.21 Å². The third kappa shape index (κ3) is 2.40. The maximum atomic E-state index is 10.8. The number of nitrogens with zero attached hydrogens (tertiary/aromatic N) is 1. The summed E-state index contributed by atoms with van der Waals surface area (Å²) in [5.74, 6) is -2.24. The molecular formula is C10H9NO4. The highest BCUT2D eigenvalue weighted by atomic mass is 16.4. The lowest BCUT2D eigenvalue weighted by Crippen LogP contribution is -2.01. The van der Waals surface area contributed by atoms with E-state index in [9.17, 15) is 9.59 Å². The van der Waals surface area contributed by atoms with Crippen LogP contribution in [-0.2, 0) is 0 Å². The molecule has 0 unspecified atom stereocenters. The normalized spacial score (nSPS) is 10.5. The number of benzene rings is 1. The van der Waals surface area contributed by atoms with Crippen molar-refractivity contribution in [3.05, 3.63) is 29.3 Å². The maximum Gasteiger partial charge on any atom is 0.337 e. The van der Waals surface area contributed by atoms with Gasteiger partial charge in [-0.15, -0.1) is 0 Å². The van der Waals surface area contributed by atoms with Gasteiger partial charge in [0.2, 0.25) is 0 Å². The molecule has 1 aromatic rings. The molecule has 0 amide bonds. The third-order valence-electron chi connectivity index (χ3n) is 1.74. The van der Waals surface area contributed by atoms with E-state index in [1.54, 1.807) is 6.92 Å². The zero-order valence-corrected chi connectivity index (χ0v) is 7.97. The molecule has 0 fully saturated rings. The zero-order valence-electron chi connectivity index (χ0n) is 7.97. The summed E-state index contributed by atoms with van der Waals surface area (Å²) in [6.07, 6.45) is 1.41. The molecule has 0 aliphatic rings. The van der Waals surface area contributed by atoms with Gasteiger partial charge in [0.25, 0.3) is 0 Å². The number of carbonyl (C=O) groups is 2. The van der Waals surface area contributed by atoms with Gasteiger partial charge in [-0.3, -0.25) is 4.99 Å². The first-order valence-corrected chi connectivity index (χ1v) is 4.15. The maximum absolute atomic E-state index is 10.8. The van der Waals surface area contributed by atoms with Crippen LogP contribution in [0.25, 0.3) is 0 Å². The lowest BCUT2D eigenvalue weighted by molar-refractivity contribution is 0.0682. The van der Waals surface area contributed by atoms with Gasteiger partial charge >= 0.3 is 11.9 Å². The summed E-state index contributed by atoms with van der Waals surface area (Å²) in [5.41, 5.74) is 0.142. The van der Waals surface area contributed by atoms with Crippen molar-refractivity contribution in [2.45, 2.75) is 6.92 Å². The number of rotatable bonds is 3. The van der Waals surface area contributed by atoms with Crippen molar-refractivity contribution in [1.29, 1.82) is 0 Å². The smallest absolute Gasteiger partial charge is 0.337 e. The zero-order chi connectivity index (χ0) is 11.4. The van der Waals surface area contributed by atoms with Crippen molar-refractivity contribution in [2.24, 2.45) is 4.99 Å². The summed E-state index contributed by atoms with van der Waals surface area (Å²) in [6, 6.07) is 3.69. The average Bonchev–Trinajstić information content (AvgIpc) is 2.17. The van der Waals surface area contributed by atoms with Gasteiger partial charge < -0.3 is 10.2 Å². The first-order valence-electron chi connectivity index (χ1n) is 4.15. The quantitative estimate of drug-likeness (QED) is 0.740. The molecule has 0 aromatic heterocycles. The van der Waals surface area contributed by atoms with Crippen LogP contribution in [0.5, 0.6) is 0 Å². The summed E-state index contributed by atoms with van der Waals surface area (Å²) in [7, 11) is 0. The van der Waals surface area contributed by atoms with Gasteiger partial charge in [-0.1, -0.05) is 0 Å². The fourth-order valence-corrected chi connectivity index (χ4v) is 1.09. The van der Waals surface area contributed by atoms with Gasteiger partial charge in [-0.2, -0.15) is 0 Å². The molecule has 78 valence electrons. The molecule has 0 saturated carbocycles. The van der Waals surface area contributed by atoms with E-state index in [0.717, 1.165) is 0 Å². The molecule has 1 rings (SSSR count). The highest BCUT2D eigenvalue weighted by Gasteiger charge is 2.12. The third-order valence-corrected chi connectivity index (χ3v) is 1.74.